The Kier molecular flexibility index (Phi) is 3.46. The largest absolute Gasteiger partial charge is 0.396 e. The van der Waals surface area contributed by atoms with Crippen molar-refractivity contribution in [1.82, 2.24) is 5.32 Å². The fourth-order valence-corrected chi connectivity index (χ4v) is 3.22. The predicted molar refractivity (Wildman–Crippen MR) is 66.2 cm³/mol. The van der Waals surface area contributed by atoms with E-state index in [1.54, 1.807) is 0 Å². The minimum Gasteiger partial charge on any atom is -0.396 e. The topological polar surface area (TPSA) is 75.3 Å². The number of nitrogens with two attached hydrogens (primary N) is 1. The zero-order chi connectivity index (χ0) is 12.6. The molecule has 4 nitrogen and oxygen atoms in total. The average molecular weight is 240 g/mol. The van der Waals surface area contributed by atoms with Gasteiger partial charge >= 0.3 is 0 Å². The fraction of sp³-hybridized carbons (Fsp3) is 0.923. The van der Waals surface area contributed by atoms with E-state index < -0.39 is 0 Å². The normalized spacial score (nSPS) is 36.2. The standard InChI is InChI=1S/C13H24N2O2/c1-13(2,7-16)6-15-12(17)10-8-3-4-9(5-8)11(10)14/h8-11,16H,3-7,14H2,1-2H3,(H,15,17). The first-order chi connectivity index (χ1) is 7.94. The quantitative estimate of drug-likeness (QED) is 0.669. The Morgan fingerprint density at radius 1 is 1.41 bits per heavy atom. The summed E-state index contributed by atoms with van der Waals surface area (Å²) in [6, 6.07) is 0.0472. The number of aliphatic hydroxyl groups is 1. The van der Waals surface area contributed by atoms with E-state index in [1.807, 2.05) is 13.8 Å². The maximum atomic E-state index is 12.1. The lowest BCUT2D eigenvalue weighted by Gasteiger charge is -2.29. The van der Waals surface area contributed by atoms with Crippen LogP contribution in [0.3, 0.4) is 0 Å². The number of hydrogen-bond acceptors (Lipinski definition) is 3. The molecule has 0 aromatic heterocycles. The van der Waals surface area contributed by atoms with Gasteiger partial charge < -0.3 is 16.2 Å². The summed E-state index contributed by atoms with van der Waals surface area (Å²) in [5, 5.41) is 12.1. The minimum absolute atomic E-state index is 0.00300. The Morgan fingerprint density at radius 2 is 2.06 bits per heavy atom. The third-order valence-corrected chi connectivity index (χ3v) is 4.45. The van der Waals surface area contributed by atoms with E-state index in [-0.39, 0.29) is 29.9 Å². The zero-order valence-electron chi connectivity index (χ0n) is 10.8. The van der Waals surface area contributed by atoms with E-state index in [0.29, 0.717) is 18.4 Å². The molecule has 2 rings (SSSR count). The molecule has 2 saturated carbocycles. The first-order valence-corrected chi connectivity index (χ1v) is 6.59. The molecule has 0 heterocycles. The van der Waals surface area contributed by atoms with Gasteiger partial charge in [0, 0.05) is 24.6 Å². The van der Waals surface area contributed by atoms with Crippen molar-refractivity contribution in [1.29, 1.82) is 0 Å². The average Bonchev–Trinajstić information content (AvgIpc) is 2.86. The highest BCUT2D eigenvalue weighted by Gasteiger charge is 2.49. The molecule has 0 aromatic rings. The van der Waals surface area contributed by atoms with Crippen molar-refractivity contribution < 1.29 is 9.90 Å². The summed E-state index contributed by atoms with van der Waals surface area (Å²) >= 11 is 0. The lowest BCUT2D eigenvalue weighted by molar-refractivity contribution is -0.127. The highest BCUT2D eigenvalue weighted by molar-refractivity contribution is 5.80. The Bertz CT molecular complexity index is 302. The van der Waals surface area contributed by atoms with Gasteiger partial charge in [-0.25, -0.2) is 0 Å². The predicted octanol–water partition coefficient (Wildman–Crippen LogP) is 0.494. The summed E-state index contributed by atoms with van der Waals surface area (Å²) in [7, 11) is 0. The summed E-state index contributed by atoms with van der Waals surface area (Å²) in [6.45, 7) is 4.47. The van der Waals surface area contributed by atoms with E-state index >= 15 is 0 Å². The van der Waals surface area contributed by atoms with E-state index in [0.717, 1.165) is 12.8 Å². The van der Waals surface area contributed by atoms with Gasteiger partial charge in [0.1, 0.15) is 0 Å². The minimum atomic E-state index is -0.253. The van der Waals surface area contributed by atoms with Crippen LogP contribution >= 0.6 is 0 Å². The molecule has 1 amide bonds. The summed E-state index contributed by atoms with van der Waals surface area (Å²) in [5.74, 6) is 1.14. The molecule has 98 valence electrons. The van der Waals surface area contributed by atoms with Gasteiger partial charge in [-0.1, -0.05) is 13.8 Å². The SMILES string of the molecule is CC(C)(CO)CNC(=O)C1C2CCC(C2)C1N. The second-order valence-electron chi connectivity index (χ2n) is 6.48. The Balaban J connectivity index is 1.89. The Morgan fingerprint density at radius 3 is 2.59 bits per heavy atom. The van der Waals surface area contributed by atoms with E-state index in [9.17, 15) is 4.79 Å². The van der Waals surface area contributed by atoms with Crippen molar-refractivity contribution in [3.05, 3.63) is 0 Å². The molecular weight excluding hydrogens is 216 g/mol. The second-order valence-corrected chi connectivity index (χ2v) is 6.48. The van der Waals surface area contributed by atoms with Crippen molar-refractivity contribution in [3.8, 4) is 0 Å². The van der Waals surface area contributed by atoms with Gasteiger partial charge in [0.05, 0.1) is 5.92 Å². The number of hydrogen-bond donors (Lipinski definition) is 3. The van der Waals surface area contributed by atoms with Gasteiger partial charge in [-0.3, -0.25) is 4.79 Å². The molecule has 0 aromatic carbocycles. The van der Waals surface area contributed by atoms with Crippen molar-refractivity contribution >= 4 is 5.91 Å². The van der Waals surface area contributed by atoms with Gasteiger partial charge in [0.15, 0.2) is 0 Å². The number of nitrogens with one attached hydrogen (secondary N) is 1. The summed E-state index contributed by atoms with van der Waals surface area (Å²) in [5.41, 5.74) is 5.87. The molecule has 2 fully saturated rings. The Hall–Kier alpha value is -0.610. The van der Waals surface area contributed by atoms with E-state index in [2.05, 4.69) is 5.32 Å². The lowest BCUT2D eigenvalue weighted by atomic mass is 9.84. The molecule has 2 bridgehead atoms. The van der Waals surface area contributed by atoms with Crippen molar-refractivity contribution in [2.75, 3.05) is 13.2 Å². The van der Waals surface area contributed by atoms with Crippen LogP contribution in [0.15, 0.2) is 0 Å². The van der Waals surface area contributed by atoms with Crippen LogP contribution in [-0.2, 0) is 4.79 Å². The van der Waals surface area contributed by atoms with E-state index in [4.69, 9.17) is 10.8 Å². The molecule has 4 unspecified atom stereocenters. The van der Waals surface area contributed by atoms with Gasteiger partial charge in [0.25, 0.3) is 0 Å². The molecule has 0 aliphatic heterocycles. The van der Waals surface area contributed by atoms with Crippen molar-refractivity contribution in [3.63, 3.8) is 0 Å². The van der Waals surface area contributed by atoms with Crippen LogP contribution in [0.4, 0.5) is 0 Å². The molecule has 4 N–H and O–H groups in total. The fourth-order valence-electron chi connectivity index (χ4n) is 3.22. The van der Waals surface area contributed by atoms with Crippen LogP contribution in [0.1, 0.15) is 33.1 Å². The molecule has 2 aliphatic carbocycles. The zero-order valence-corrected chi connectivity index (χ0v) is 10.8. The third-order valence-electron chi connectivity index (χ3n) is 4.45. The Labute approximate surface area is 103 Å². The molecular formula is C13H24N2O2. The van der Waals surface area contributed by atoms with Gasteiger partial charge in [-0.15, -0.1) is 0 Å². The highest BCUT2D eigenvalue weighted by Crippen LogP contribution is 2.47. The van der Waals surface area contributed by atoms with Crippen LogP contribution < -0.4 is 11.1 Å². The van der Waals surface area contributed by atoms with E-state index in [1.165, 1.54) is 6.42 Å². The van der Waals surface area contributed by atoms with Gasteiger partial charge in [-0.2, -0.15) is 0 Å². The van der Waals surface area contributed by atoms with Crippen molar-refractivity contribution in [2.24, 2.45) is 28.9 Å². The van der Waals surface area contributed by atoms with Crippen LogP contribution in [0.2, 0.25) is 0 Å². The molecule has 0 spiro atoms. The molecule has 4 atom stereocenters. The number of fused-ring (bicyclic) bond motifs is 2. The molecule has 17 heavy (non-hydrogen) atoms. The monoisotopic (exact) mass is 240 g/mol. The second kappa shape index (κ2) is 4.58. The molecule has 0 radical (unpaired) electrons. The molecule has 2 aliphatic rings. The van der Waals surface area contributed by atoms with Crippen molar-refractivity contribution in [2.45, 2.75) is 39.2 Å². The maximum absolute atomic E-state index is 12.1. The summed E-state index contributed by atoms with van der Waals surface area (Å²) < 4.78 is 0. The maximum Gasteiger partial charge on any atom is 0.224 e. The van der Waals surface area contributed by atoms with Gasteiger partial charge in [-0.05, 0) is 31.1 Å². The number of rotatable bonds is 4. The van der Waals surface area contributed by atoms with Crippen LogP contribution in [-0.4, -0.2) is 30.2 Å². The number of amides is 1. The highest BCUT2D eigenvalue weighted by atomic mass is 16.3. The summed E-state index contributed by atoms with van der Waals surface area (Å²) in [6.07, 6.45) is 3.47. The van der Waals surface area contributed by atoms with Crippen LogP contribution in [0.25, 0.3) is 0 Å². The number of carbonyl (C=O) groups excluding carboxylic acids is 1. The van der Waals surface area contributed by atoms with Crippen LogP contribution in [0, 0.1) is 23.2 Å². The number of aliphatic hydroxyl groups excluding tert-OH is 1. The number of carbonyl (C=O) groups is 1. The smallest absolute Gasteiger partial charge is 0.224 e. The first-order valence-electron chi connectivity index (χ1n) is 6.59. The van der Waals surface area contributed by atoms with Gasteiger partial charge in [0.2, 0.25) is 5.91 Å². The first kappa shape index (κ1) is 12.8. The summed E-state index contributed by atoms with van der Waals surface area (Å²) in [4.78, 5) is 12.1. The molecule has 4 heteroatoms. The third kappa shape index (κ3) is 2.47. The van der Waals surface area contributed by atoms with Crippen LogP contribution in [0.5, 0.6) is 0 Å². The lowest BCUT2D eigenvalue weighted by Crippen LogP contribution is -2.47. The molecule has 0 saturated heterocycles.